The monoisotopic (exact) mass is 258 g/mol. The van der Waals surface area contributed by atoms with Crippen molar-refractivity contribution in [3.63, 3.8) is 0 Å². The number of hydrogen-bond donors (Lipinski definition) is 0. The summed E-state index contributed by atoms with van der Waals surface area (Å²) in [6, 6.07) is 10.7. The third-order valence-electron chi connectivity index (χ3n) is 3.68. The van der Waals surface area contributed by atoms with Crippen molar-refractivity contribution in [2.45, 2.75) is 38.8 Å². The van der Waals surface area contributed by atoms with E-state index in [4.69, 9.17) is 4.74 Å². The Morgan fingerprint density at radius 3 is 2.42 bits per heavy atom. The summed E-state index contributed by atoms with van der Waals surface area (Å²) in [5.41, 5.74) is 2.40. The molecule has 0 aliphatic carbocycles. The number of nitriles is 1. The number of morpholine rings is 1. The molecule has 1 aromatic rings. The van der Waals surface area contributed by atoms with Gasteiger partial charge in [0.2, 0.25) is 0 Å². The average molecular weight is 258 g/mol. The fourth-order valence-electron chi connectivity index (χ4n) is 2.51. The first-order valence-electron chi connectivity index (χ1n) is 6.97. The van der Waals surface area contributed by atoms with Gasteiger partial charge in [-0.2, -0.15) is 5.26 Å². The number of benzene rings is 1. The van der Waals surface area contributed by atoms with Gasteiger partial charge in [0.15, 0.2) is 0 Å². The van der Waals surface area contributed by atoms with Crippen LogP contribution in [0.5, 0.6) is 0 Å². The van der Waals surface area contributed by atoms with Crippen LogP contribution < -0.4 is 0 Å². The summed E-state index contributed by atoms with van der Waals surface area (Å²) in [7, 11) is 0. The van der Waals surface area contributed by atoms with Gasteiger partial charge < -0.3 is 4.74 Å². The second-order valence-electron chi connectivity index (χ2n) is 5.53. The van der Waals surface area contributed by atoms with Crippen LogP contribution in [0.4, 0.5) is 0 Å². The van der Waals surface area contributed by atoms with Gasteiger partial charge in [-0.3, -0.25) is 4.90 Å². The molecule has 2 rings (SSSR count). The number of hydrogen-bond acceptors (Lipinski definition) is 3. The molecule has 2 unspecified atom stereocenters. The van der Waals surface area contributed by atoms with Gasteiger partial charge in [-0.1, -0.05) is 38.1 Å². The molecule has 2 atom stereocenters. The van der Waals surface area contributed by atoms with Gasteiger partial charge in [-0.15, -0.1) is 0 Å². The number of ether oxygens (including phenoxy) is 1. The lowest BCUT2D eigenvalue weighted by molar-refractivity contribution is -0.0269. The largest absolute Gasteiger partial charge is 0.376 e. The van der Waals surface area contributed by atoms with Gasteiger partial charge >= 0.3 is 0 Å². The molecule has 0 amide bonds. The maximum atomic E-state index is 9.46. The molecule has 1 aliphatic rings. The highest BCUT2D eigenvalue weighted by Crippen LogP contribution is 2.24. The van der Waals surface area contributed by atoms with E-state index < -0.39 is 0 Å². The summed E-state index contributed by atoms with van der Waals surface area (Å²) in [6.07, 6.45) is 0.208. The van der Waals surface area contributed by atoms with E-state index in [-0.39, 0.29) is 12.1 Å². The first-order chi connectivity index (χ1) is 9.11. The maximum absolute atomic E-state index is 9.46. The molecule has 1 heterocycles. The predicted octanol–water partition coefficient (Wildman–Crippen LogP) is 3.10. The lowest BCUT2D eigenvalue weighted by Gasteiger charge is -2.34. The predicted molar refractivity (Wildman–Crippen MR) is 75.9 cm³/mol. The summed E-state index contributed by atoms with van der Waals surface area (Å²) >= 11 is 0. The molecule has 0 bridgehead atoms. The third-order valence-corrected chi connectivity index (χ3v) is 3.68. The Balaban J connectivity index is 2.15. The Morgan fingerprint density at radius 2 is 1.89 bits per heavy atom. The van der Waals surface area contributed by atoms with Crippen LogP contribution in [-0.4, -0.2) is 30.7 Å². The van der Waals surface area contributed by atoms with Crippen molar-refractivity contribution in [3.8, 4) is 6.07 Å². The summed E-state index contributed by atoms with van der Waals surface area (Å²) < 4.78 is 5.54. The molecule has 3 nitrogen and oxygen atoms in total. The number of rotatable bonds is 3. The van der Waals surface area contributed by atoms with Gasteiger partial charge in [-0.05, 0) is 24.0 Å². The Hall–Kier alpha value is -1.37. The molecule has 0 aromatic heterocycles. The maximum Gasteiger partial charge on any atom is 0.124 e. The Kier molecular flexibility index (Phi) is 4.57. The molecule has 0 N–H and O–H groups in total. The molecular formula is C16H22N2O. The van der Waals surface area contributed by atoms with Gasteiger partial charge in [0.25, 0.3) is 0 Å². The Morgan fingerprint density at radius 1 is 1.26 bits per heavy atom. The summed E-state index contributed by atoms with van der Waals surface area (Å²) in [5.74, 6) is 0.526. The van der Waals surface area contributed by atoms with Gasteiger partial charge in [-0.25, -0.2) is 0 Å². The van der Waals surface area contributed by atoms with Crippen LogP contribution in [0.15, 0.2) is 24.3 Å². The lowest BCUT2D eigenvalue weighted by atomic mass is 9.98. The van der Waals surface area contributed by atoms with Crippen molar-refractivity contribution in [1.82, 2.24) is 4.90 Å². The van der Waals surface area contributed by atoms with Crippen LogP contribution in [0, 0.1) is 11.3 Å². The van der Waals surface area contributed by atoms with Gasteiger partial charge in [0.1, 0.15) is 6.04 Å². The smallest absolute Gasteiger partial charge is 0.124 e. The third kappa shape index (κ3) is 3.34. The van der Waals surface area contributed by atoms with Crippen LogP contribution in [-0.2, 0) is 4.74 Å². The molecule has 1 fully saturated rings. The first kappa shape index (κ1) is 14.0. The summed E-state index contributed by atoms with van der Waals surface area (Å²) in [4.78, 5) is 2.21. The Labute approximate surface area is 115 Å². The number of nitrogens with zero attached hydrogens (tertiary/aromatic N) is 2. The van der Waals surface area contributed by atoms with Gasteiger partial charge in [0.05, 0.1) is 18.8 Å². The molecule has 0 radical (unpaired) electrons. The summed E-state index contributed by atoms with van der Waals surface area (Å²) in [5, 5.41) is 9.46. The molecule has 0 spiro atoms. The van der Waals surface area contributed by atoms with Crippen LogP contribution in [0.1, 0.15) is 43.9 Å². The van der Waals surface area contributed by atoms with Crippen LogP contribution in [0.3, 0.4) is 0 Å². The van der Waals surface area contributed by atoms with E-state index in [2.05, 4.69) is 56.0 Å². The molecule has 3 heteroatoms. The fraction of sp³-hybridized carbons (Fsp3) is 0.562. The highest BCUT2D eigenvalue weighted by molar-refractivity contribution is 5.29. The standard InChI is InChI=1S/C16H22N2O/c1-12(2)14-4-6-15(7-5-14)16(10-17)18-8-9-19-13(3)11-18/h4-7,12-13,16H,8-9,11H2,1-3H3. The fourth-order valence-corrected chi connectivity index (χ4v) is 2.51. The van der Waals surface area contributed by atoms with Gasteiger partial charge in [0, 0.05) is 13.1 Å². The van der Waals surface area contributed by atoms with E-state index in [0.29, 0.717) is 12.5 Å². The Bertz CT molecular complexity index is 447. The van der Waals surface area contributed by atoms with Crippen LogP contribution in [0.25, 0.3) is 0 Å². The van der Waals surface area contributed by atoms with Crippen molar-refractivity contribution in [2.24, 2.45) is 0 Å². The zero-order valence-corrected chi connectivity index (χ0v) is 12.0. The quantitative estimate of drug-likeness (QED) is 0.836. The average Bonchev–Trinajstić information content (AvgIpc) is 2.40. The SMILES string of the molecule is CC1CN(C(C#N)c2ccc(C(C)C)cc2)CCO1. The topological polar surface area (TPSA) is 36.3 Å². The van der Waals surface area contributed by atoms with E-state index in [1.807, 2.05) is 0 Å². The second-order valence-corrected chi connectivity index (χ2v) is 5.53. The molecular weight excluding hydrogens is 236 g/mol. The lowest BCUT2D eigenvalue weighted by Crippen LogP contribution is -2.42. The van der Waals surface area contributed by atoms with E-state index in [1.165, 1.54) is 5.56 Å². The molecule has 1 aliphatic heterocycles. The minimum absolute atomic E-state index is 0.160. The molecule has 102 valence electrons. The minimum atomic E-state index is -0.160. The van der Waals surface area contributed by atoms with Crippen molar-refractivity contribution >= 4 is 0 Å². The van der Waals surface area contributed by atoms with Crippen molar-refractivity contribution in [1.29, 1.82) is 5.26 Å². The normalized spacial score (nSPS) is 22.2. The van der Waals surface area contributed by atoms with Crippen LogP contribution >= 0.6 is 0 Å². The van der Waals surface area contributed by atoms with Crippen molar-refractivity contribution in [2.75, 3.05) is 19.7 Å². The van der Waals surface area contributed by atoms with Crippen molar-refractivity contribution in [3.05, 3.63) is 35.4 Å². The van der Waals surface area contributed by atoms with E-state index >= 15 is 0 Å². The summed E-state index contributed by atoms with van der Waals surface area (Å²) in [6.45, 7) is 8.78. The minimum Gasteiger partial charge on any atom is -0.376 e. The van der Waals surface area contributed by atoms with Crippen LogP contribution in [0.2, 0.25) is 0 Å². The molecule has 1 saturated heterocycles. The second kappa shape index (κ2) is 6.18. The zero-order valence-electron chi connectivity index (χ0n) is 12.0. The van der Waals surface area contributed by atoms with E-state index in [0.717, 1.165) is 18.7 Å². The van der Waals surface area contributed by atoms with E-state index in [9.17, 15) is 5.26 Å². The highest BCUT2D eigenvalue weighted by Gasteiger charge is 2.25. The highest BCUT2D eigenvalue weighted by atomic mass is 16.5. The van der Waals surface area contributed by atoms with Crippen molar-refractivity contribution < 1.29 is 4.74 Å². The molecule has 19 heavy (non-hydrogen) atoms. The first-order valence-corrected chi connectivity index (χ1v) is 6.97. The van der Waals surface area contributed by atoms with E-state index in [1.54, 1.807) is 0 Å². The zero-order chi connectivity index (χ0) is 13.8. The molecule has 0 saturated carbocycles. The molecule has 1 aromatic carbocycles.